The third kappa shape index (κ3) is 3.00. The van der Waals surface area contributed by atoms with Gasteiger partial charge in [-0.25, -0.2) is 0 Å². The van der Waals surface area contributed by atoms with E-state index in [0.717, 1.165) is 42.8 Å². The molecule has 0 spiro atoms. The van der Waals surface area contributed by atoms with Crippen molar-refractivity contribution in [1.29, 1.82) is 0 Å². The number of rotatable bonds is 4. The van der Waals surface area contributed by atoms with Crippen LogP contribution in [0.4, 0.5) is 0 Å². The predicted molar refractivity (Wildman–Crippen MR) is 83.1 cm³/mol. The fourth-order valence-corrected chi connectivity index (χ4v) is 3.29. The van der Waals surface area contributed by atoms with Gasteiger partial charge in [-0.3, -0.25) is 0 Å². The van der Waals surface area contributed by atoms with Crippen LogP contribution >= 0.6 is 11.6 Å². The number of fused-ring (bicyclic) bond motifs is 1. The Bertz CT molecular complexity index is 587. The molecule has 0 atom stereocenters. The van der Waals surface area contributed by atoms with E-state index in [1.165, 1.54) is 17.4 Å². The molecule has 2 aromatic rings. The number of hydrogen-bond acceptors (Lipinski definition) is 2. The van der Waals surface area contributed by atoms with Crippen LogP contribution in [0.15, 0.2) is 24.4 Å². The quantitative estimate of drug-likeness (QED) is 0.806. The molecular weight excluding hydrogens is 272 g/mol. The van der Waals surface area contributed by atoms with Crippen LogP contribution in [0.2, 0.25) is 5.02 Å². The molecular formula is C16H21ClN2O. The monoisotopic (exact) mass is 292 g/mol. The summed E-state index contributed by atoms with van der Waals surface area (Å²) in [7, 11) is 0. The molecule has 1 aliphatic rings. The molecule has 1 aromatic heterocycles. The van der Waals surface area contributed by atoms with Crippen LogP contribution in [0.3, 0.4) is 0 Å². The number of nitrogens with one attached hydrogen (secondary N) is 2. The number of aromatic nitrogens is 1. The number of hydrogen-bond donors (Lipinski definition) is 3. The predicted octanol–water partition coefficient (Wildman–Crippen LogP) is 3.61. The van der Waals surface area contributed by atoms with Crippen molar-refractivity contribution in [3.8, 4) is 0 Å². The number of H-pyrrole nitrogens is 1. The second kappa shape index (κ2) is 5.76. The van der Waals surface area contributed by atoms with Gasteiger partial charge in [0.15, 0.2) is 0 Å². The molecule has 1 aromatic carbocycles. The first kappa shape index (κ1) is 13.9. The van der Waals surface area contributed by atoms with E-state index in [1.807, 2.05) is 24.4 Å². The van der Waals surface area contributed by atoms with Crippen LogP contribution in [-0.4, -0.2) is 22.2 Å². The van der Waals surface area contributed by atoms with Crippen molar-refractivity contribution in [1.82, 2.24) is 10.3 Å². The molecule has 3 N–H and O–H groups in total. The first-order valence-corrected chi connectivity index (χ1v) is 7.73. The van der Waals surface area contributed by atoms with Gasteiger partial charge in [0.2, 0.25) is 0 Å². The lowest BCUT2D eigenvalue weighted by atomic mass is 9.85. The van der Waals surface area contributed by atoms with Gasteiger partial charge in [-0.15, -0.1) is 0 Å². The highest BCUT2D eigenvalue weighted by Gasteiger charge is 2.28. The summed E-state index contributed by atoms with van der Waals surface area (Å²) in [6.45, 7) is 1.44. The maximum atomic E-state index is 10.5. The Balaban J connectivity index is 1.62. The van der Waals surface area contributed by atoms with Gasteiger partial charge in [0.25, 0.3) is 0 Å². The second-order valence-electron chi connectivity index (χ2n) is 5.89. The minimum atomic E-state index is -0.506. The zero-order valence-electron chi connectivity index (χ0n) is 11.6. The van der Waals surface area contributed by atoms with E-state index in [2.05, 4.69) is 10.3 Å². The first-order chi connectivity index (χ1) is 9.66. The maximum absolute atomic E-state index is 10.5. The largest absolute Gasteiger partial charge is 0.389 e. The molecule has 0 radical (unpaired) electrons. The van der Waals surface area contributed by atoms with E-state index >= 15 is 0 Å². The molecule has 3 rings (SSSR count). The minimum Gasteiger partial charge on any atom is -0.389 e. The highest BCUT2D eigenvalue weighted by Crippen LogP contribution is 2.27. The van der Waals surface area contributed by atoms with E-state index in [9.17, 15) is 5.11 Å². The zero-order valence-corrected chi connectivity index (χ0v) is 12.3. The molecule has 0 amide bonds. The SMILES string of the molecule is OC1(CNCc2c[nH]c3cc(Cl)ccc23)CCCCC1. The van der Waals surface area contributed by atoms with Crippen LogP contribution in [0.25, 0.3) is 10.9 Å². The van der Waals surface area contributed by atoms with Crippen molar-refractivity contribution in [2.24, 2.45) is 0 Å². The van der Waals surface area contributed by atoms with Gasteiger partial charge in [-0.1, -0.05) is 36.9 Å². The zero-order chi connectivity index (χ0) is 14.0. The van der Waals surface area contributed by atoms with Crippen LogP contribution < -0.4 is 5.32 Å². The van der Waals surface area contributed by atoms with Crippen LogP contribution in [0, 0.1) is 0 Å². The fraction of sp³-hybridized carbons (Fsp3) is 0.500. The Hall–Kier alpha value is -1.03. The Morgan fingerprint density at radius 3 is 2.85 bits per heavy atom. The topological polar surface area (TPSA) is 48.0 Å². The van der Waals surface area contributed by atoms with Gasteiger partial charge in [0.1, 0.15) is 0 Å². The molecule has 1 saturated carbocycles. The number of aromatic amines is 1. The Morgan fingerprint density at radius 2 is 2.05 bits per heavy atom. The molecule has 0 unspecified atom stereocenters. The fourth-order valence-electron chi connectivity index (χ4n) is 3.12. The first-order valence-electron chi connectivity index (χ1n) is 7.35. The smallest absolute Gasteiger partial charge is 0.0771 e. The molecule has 1 heterocycles. The summed E-state index contributed by atoms with van der Waals surface area (Å²) in [6, 6.07) is 5.89. The van der Waals surface area contributed by atoms with E-state index in [-0.39, 0.29) is 0 Å². The van der Waals surface area contributed by atoms with E-state index in [0.29, 0.717) is 6.54 Å². The van der Waals surface area contributed by atoms with Crippen LogP contribution in [0.5, 0.6) is 0 Å². The van der Waals surface area contributed by atoms with Gasteiger partial charge in [0, 0.05) is 35.2 Å². The van der Waals surface area contributed by atoms with Crippen molar-refractivity contribution in [3.05, 3.63) is 35.0 Å². The van der Waals surface area contributed by atoms with Crippen molar-refractivity contribution in [3.63, 3.8) is 0 Å². The standard InChI is InChI=1S/C16H21ClN2O/c17-13-4-5-14-12(10-19-15(14)8-13)9-18-11-16(20)6-2-1-3-7-16/h4-5,8,10,18-20H,1-3,6-7,9,11H2. The second-order valence-corrected chi connectivity index (χ2v) is 6.33. The minimum absolute atomic E-state index is 0.506. The third-order valence-electron chi connectivity index (χ3n) is 4.28. The highest BCUT2D eigenvalue weighted by atomic mass is 35.5. The lowest BCUT2D eigenvalue weighted by Gasteiger charge is -2.32. The summed E-state index contributed by atoms with van der Waals surface area (Å²) in [4.78, 5) is 3.24. The van der Waals surface area contributed by atoms with Gasteiger partial charge < -0.3 is 15.4 Å². The lowest BCUT2D eigenvalue weighted by Crippen LogP contribution is -2.41. The van der Waals surface area contributed by atoms with Crippen molar-refractivity contribution in [2.45, 2.75) is 44.2 Å². The average Bonchev–Trinajstić information content (AvgIpc) is 2.82. The summed E-state index contributed by atoms with van der Waals surface area (Å²) < 4.78 is 0. The summed E-state index contributed by atoms with van der Waals surface area (Å²) in [5.74, 6) is 0. The molecule has 0 saturated heterocycles. The van der Waals surface area contributed by atoms with Crippen molar-refractivity contribution < 1.29 is 5.11 Å². The Labute approximate surface area is 124 Å². The third-order valence-corrected chi connectivity index (χ3v) is 4.52. The molecule has 3 nitrogen and oxygen atoms in total. The molecule has 1 fully saturated rings. The van der Waals surface area contributed by atoms with Gasteiger partial charge >= 0.3 is 0 Å². The maximum Gasteiger partial charge on any atom is 0.0771 e. The average molecular weight is 293 g/mol. The molecule has 20 heavy (non-hydrogen) atoms. The Morgan fingerprint density at radius 1 is 1.25 bits per heavy atom. The number of halogens is 1. The van der Waals surface area contributed by atoms with Gasteiger partial charge in [-0.05, 0) is 30.5 Å². The molecule has 1 aliphatic carbocycles. The summed E-state index contributed by atoms with van der Waals surface area (Å²) >= 11 is 5.98. The van der Waals surface area contributed by atoms with Gasteiger partial charge in [0.05, 0.1) is 5.60 Å². The van der Waals surface area contributed by atoms with E-state index < -0.39 is 5.60 Å². The van der Waals surface area contributed by atoms with E-state index in [1.54, 1.807) is 0 Å². The molecule has 0 bridgehead atoms. The van der Waals surface area contributed by atoms with E-state index in [4.69, 9.17) is 11.6 Å². The normalized spacial score (nSPS) is 18.5. The van der Waals surface area contributed by atoms with Crippen molar-refractivity contribution >= 4 is 22.5 Å². The number of aliphatic hydroxyl groups is 1. The number of benzene rings is 1. The van der Waals surface area contributed by atoms with Crippen molar-refractivity contribution in [2.75, 3.05) is 6.54 Å². The van der Waals surface area contributed by atoms with Crippen LogP contribution in [-0.2, 0) is 6.54 Å². The Kier molecular flexibility index (Phi) is 4.01. The summed E-state index contributed by atoms with van der Waals surface area (Å²) in [5.41, 5.74) is 1.77. The molecule has 0 aliphatic heterocycles. The highest BCUT2D eigenvalue weighted by molar-refractivity contribution is 6.31. The lowest BCUT2D eigenvalue weighted by molar-refractivity contribution is 0.00469. The molecule has 108 valence electrons. The van der Waals surface area contributed by atoms with Gasteiger partial charge in [-0.2, -0.15) is 0 Å². The summed E-state index contributed by atoms with van der Waals surface area (Å²) in [6.07, 6.45) is 7.39. The van der Waals surface area contributed by atoms with Crippen LogP contribution in [0.1, 0.15) is 37.7 Å². The summed E-state index contributed by atoms with van der Waals surface area (Å²) in [5, 5.41) is 15.8. The molecule has 4 heteroatoms.